The van der Waals surface area contributed by atoms with Gasteiger partial charge in [0.25, 0.3) is 0 Å². The first-order valence-corrected chi connectivity index (χ1v) is 7.24. The van der Waals surface area contributed by atoms with Crippen molar-refractivity contribution >= 4 is 0 Å². The van der Waals surface area contributed by atoms with Crippen LogP contribution in [0.4, 0.5) is 0 Å². The van der Waals surface area contributed by atoms with Gasteiger partial charge in [-0.15, -0.1) is 0 Å². The monoisotopic (exact) mass is 232 g/mol. The van der Waals surface area contributed by atoms with Crippen LogP contribution in [0.3, 0.4) is 0 Å². The fraction of sp³-hybridized carbons (Fsp3) is 0.647. The fourth-order valence-electron chi connectivity index (χ4n) is 2.61. The topological polar surface area (TPSA) is 0 Å². The molecule has 0 spiro atoms. The molecule has 0 saturated heterocycles. The summed E-state index contributed by atoms with van der Waals surface area (Å²) in [5.74, 6) is 0. The van der Waals surface area contributed by atoms with Crippen molar-refractivity contribution in [2.24, 2.45) is 5.41 Å². The van der Waals surface area contributed by atoms with Gasteiger partial charge >= 0.3 is 0 Å². The summed E-state index contributed by atoms with van der Waals surface area (Å²) >= 11 is 0. The Labute approximate surface area is 107 Å². The summed E-state index contributed by atoms with van der Waals surface area (Å²) in [7, 11) is 0. The van der Waals surface area contributed by atoms with Crippen LogP contribution in [0.25, 0.3) is 0 Å². The molecule has 0 aliphatic rings. The van der Waals surface area contributed by atoms with Crippen LogP contribution >= 0.6 is 0 Å². The number of unbranched alkanes of at least 4 members (excludes halogenated alkanes) is 1. The second-order valence-corrected chi connectivity index (χ2v) is 5.61. The van der Waals surface area contributed by atoms with Crippen molar-refractivity contribution in [3.63, 3.8) is 0 Å². The first-order chi connectivity index (χ1) is 8.20. The number of hydrogen-bond donors (Lipinski definition) is 0. The van der Waals surface area contributed by atoms with Gasteiger partial charge in [0.05, 0.1) is 0 Å². The Morgan fingerprint density at radius 1 is 0.941 bits per heavy atom. The molecule has 0 heteroatoms. The molecule has 1 rings (SSSR count). The average molecular weight is 232 g/mol. The molecule has 0 bridgehead atoms. The van der Waals surface area contributed by atoms with Crippen LogP contribution in [0.2, 0.25) is 0 Å². The second-order valence-electron chi connectivity index (χ2n) is 5.61. The van der Waals surface area contributed by atoms with Crippen molar-refractivity contribution in [2.75, 3.05) is 0 Å². The Hall–Kier alpha value is -0.780. The van der Waals surface area contributed by atoms with Gasteiger partial charge < -0.3 is 0 Å². The van der Waals surface area contributed by atoms with Crippen LogP contribution in [-0.2, 0) is 6.42 Å². The minimum absolute atomic E-state index is 0.589. The minimum atomic E-state index is 0.589. The highest BCUT2D eigenvalue weighted by atomic mass is 14.2. The van der Waals surface area contributed by atoms with Crippen molar-refractivity contribution < 1.29 is 0 Å². The predicted molar refractivity (Wildman–Crippen MR) is 77.3 cm³/mol. The molecule has 0 amide bonds. The van der Waals surface area contributed by atoms with Gasteiger partial charge in [0.15, 0.2) is 0 Å². The Bertz CT molecular complexity index is 288. The van der Waals surface area contributed by atoms with E-state index in [1.165, 1.54) is 50.5 Å². The third-order valence-corrected chi connectivity index (χ3v) is 4.05. The van der Waals surface area contributed by atoms with Crippen LogP contribution in [0, 0.1) is 5.41 Å². The summed E-state index contributed by atoms with van der Waals surface area (Å²) in [6, 6.07) is 10.9. The van der Waals surface area contributed by atoms with Gasteiger partial charge in [-0.05, 0) is 36.7 Å². The molecule has 0 saturated carbocycles. The molecule has 1 aromatic rings. The van der Waals surface area contributed by atoms with Crippen LogP contribution < -0.4 is 0 Å². The lowest BCUT2D eigenvalue weighted by atomic mass is 9.78. The third kappa shape index (κ3) is 5.39. The minimum Gasteiger partial charge on any atom is -0.0654 e. The highest BCUT2D eigenvalue weighted by Crippen LogP contribution is 2.33. The molecule has 0 aromatic heterocycles. The van der Waals surface area contributed by atoms with E-state index < -0.39 is 0 Å². The first-order valence-electron chi connectivity index (χ1n) is 7.24. The molecule has 0 radical (unpaired) electrons. The average Bonchev–Trinajstić information content (AvgIpc) is 2.36. The molecule has 0 heterocycles. The second kappa shape index (κ2) is 7.53. The van der Waals surface area contributed by atoms with Crippen molar-refractivity contribution in [3.05, 3.63) is 35.9 Å². The van der Waals surface area contributed by atoms with E-state index in [4.69, 9.17) is 0 Å². The van der Waals surface area contributed by atoms with Gasteiger partial charge in [-0.1, -0.05) is 70.4 Å². The summed E-state index contributed by atoms with van der Waals surface area (Å²) in [6.07, 6.45) is 9.38. The van der Waals surface area contributed by atoms with Gasteiger partial charge in [0.2, 0.25) is 0 Å². The molecule has 1 aromatic carbocycles. The predicted octanol–water partition coefficient (Wildman–Crippen LogP) is 5.62. The lowest BCUT2D eigenvalue weighted by Crippen LogP contribution is -2.14. The lowest BCUT2D eigenvalue weighted by molar-refractivity contribution is 0.249. The smallest absolute Gasteiger partial charge is 0.0279 e. The number of hydrogen-bond acceptors (Lipinski definition) is 0. The maximum absolute atomic E-state index is 2.46. The molecule has 0 aliphatic heterocycles. The largest absolute Gasteiger partial charge is 0.0654 e. The molecule has 0 aliphatic carbocycles. The SMILES string of the molecule is CCCC(C)(CC)CCCCc1ccccc1. The Morgan fingerprint density at radius 3 is 2.24 bits per heavy atom. The Balaban J connectivity index is 2.23. The Kier molecular flexibility index (Phi) is 6.32. The summed E-state index contributed by atoms with van der Waals surface area (Å²) < 4.78 is 0. The molecule has 0 fully saturated rings. The molecule has 0 N–H and O–H groups in total. The van der Waals surface area contributed by atoms with Crippen molar-refractivity contribution in [2.45, 2.75) is 65.7 Å². The number of benzene rings is 1. The quantitative estimate of drug-likeness (QED) is 0.511. The lowest BCUT2D eigenvalue weighted by Gasteiger charge is -2.27. The van der Waals surface area contributed by atoms with Crippen molar-refractivity contribution in [1.82, 2.24) is 0 Å². The van der Waals surface area contributed by atoms with Crippen molar-refractivity contribution in [1.29, 1.82) is 0 Å². The number of aryl methyl sites for hydroxylation is 1. The third-order valence-electron chi connectivity index (χ3n) is 4.05. The summed E-state index contributed by atoms with van der Waals surface area (Å²) in [6.45, 7) is 7.10. The highest BCUT2D eigenvalue weighted by Gasteiger charge is 2.19. The molecule has 17 heavy (non-hydrogen) atoms. The molecule has 1 unspecified atom stereocenters. The molecular formula is C17H28. The number of rotatable bonds is 8. The summed E-state index contributed by atoms with van der Waals surface area (Å²) in [5, 5.41) is 0. The van der Waals surface area contributed by atoms with E-state index in [0.29, 0.717) is 5.41 Å². The van der Waals surface area contributed by atoms with Gasteiger partial charge in [-0.25, -0.2) is 0 Å². The normalized spacial score (nSPS) is 14.5. The molecule has 96 valence electrons. The Morgan fingerprint density at radius 2 is 1.65 bits per heavy atom. The van der Waals surface area contributed by atoms with Gasteiger partial charge in [-0.3, -0.25) is 0 Å². The maximum Gasteiger partial charge on any atom is -0.0279 e. The van der Waals surface area contributed by atoms with Crippen molar-refractivity contribution in [3.8, 4) is 0 Å². The first kappa shape index (κ1) is 14.3. The molecular weight excluding hydrogens is 204 g/mol. The van der Waals surface area contributed by atoms with Gasteiger partial charge in [-0.2, -0.15) is 0 Å². The maximum atomic E-state index is 2.46. The van der Waals surface area contributed by atoms with Gasteiger partial charge in [0, 0.05) is 0 Å². The molecule has 1 atom stereocenters. The van der Waals surface area contributed by atoms with Gasteiger partial charge in [0.1, 0.15) is 0 Å². The summed E-state index contributed by atoms with van der Waals surface area (Å²) in [4.78, 5) is 0. The van der Waals surface area contributed by atoms with E-state index in [0.717, 1.165) is 0 Å². The molecule has 0 nitrogen and oxygen atoms in total. The standard InChI is InChI=1S/C17H28/c1-4-14-17(3,5-2)15-10-9-13-16-11-7-6-8-12-16/h6-8,11-12H,4-5,9-10,13-15H2,1-3H3. The zero-order valence-electron chi connectivity index (χ0n) is 11.8. The van der Waals surface area contributed by atoms with E-state index in [-0.39, 0.29) is 0 Å². The highest BCUT2D eigenvalue weighted by molar-refractivity contribution is 5.14. The van der Waals surface area contributed by atoms with E-state index in [2.05, 4.69) is 51.1 Å². The van der Waals surface area contributed by atoms with Crippen LogP contribution in [-0.4, -0.2) is 0 Å². The zero-order chi connectivity index (χ0) is 12.6. The fourth-order valence-corrected chi connectivity index (χ4v) is 2.61. The van der Waals surface area contributed by atoms with E-state index in [9.17, 15) is 0 Å². The van der Waals surface area contributed by atoms with E-state index in [1.54, 1.807) is 0 Å². The van der Waals surface area contributed by atoms with Crippen LogP contribution in [0.15, 0.2) is 30.3 Å². The zero-order valence-corrected chi connectivity index (χ0v) is 11.8. The van der Waals surface area contributed by atoms with E-state index >= 15 is 0 Å². The van der Waals surface area contributed by atoms with Crippen LogP contribution in [0.5, 0.6) is 0 Å². The van der Waals surface area contributed by atoms with Crippen LogP contribution in [0.1, 0.15) is 64.9 Å². The van der Waals surface area contributed by atoms with E-state index in [1.807, 2.05) is 0 Å². The summed E-state index contributed by atoms with van der Waals surface area (Å²) in [5.41, 5.74) is 2.08.